The Kier molecular flexibility index (Phi) is 7.04. The largest absolute Gasteiger partial charge is 0.497 e. The van der Waals surface area contributed by atoms with Crippen LogP contribution in [0.3, 0.4) is 0 Å². The molecule has 1 aromatic carbocycles. The molecule has 3 rings (SSSR count). The Labute approximate surface area is 165 Å². The van der Waals surface area contributed by atoms with Gasteiger partial charge in [-0.25, -0.2) is 0 Å². The third-order valence-electron chi connectivity index (χ3n) is 4.89. The van der Waals surface area contributed by atoms with Gasteiger partial charge in [-0.05, 0) is 41.8 Å². The van der Waals surface area contributed by atoms with Crippen LogP contribution in [-0.2, 0) is 11.3 Å². The van der Waals surface area contributed by atoms with Crippen LogP contribution in [0.1, 0.15) is 4.88 Å². The number of anilines is 1. The summed E-state index contributed by atoms with van der Waals surface area (Å²) in [5.74, 6) is 0.711. The molecule has 144 valence electrons. The third kappa shape index (κ3) is 5.42. The minimum absolute atomic E-state index is 0.0727. The zero-order valence-corrected chi connectivity index (χ0v) is 16.7. The Balaban J connectivity index is 1.51. The van der Waals surface area contributed by atoms with Gasteiger partial charge in [0.2, 0.25) is 5.91 Å². The lowest BCUT2D eigenvalue weighted by Crippen LogP contribution is -2.48. The van der Waals surface area contributed by atoms with Gasteiger partial charge >= 0.3 is 0 Å². The van der Waals surface area contributed by atoms with E-state index in [-0.39, 0.29) is 5.91 Å². The van der Waals surface area contributed by atoms with Crippen molar-refractivity contribution in [1.82, 2.24) is 9.80 Å². The first kappa shape index (κ1) is 19.6. The van der Waals surface area contributed by atoms with Crippen LogP contribution in [0.4, 0.5) is 5.69 Å². The second-order valence-corrected chi connectivity index (χ2v) is 7.62. The maximum Gasteiger partial charge on any atom is 0.250 e. The Morgan fingerprint density at radius 1 is 1.19 bits per heavy atom. The number of benzene rings is 1. The number of nitrogens with zero attached hydrogens (tertiary/aromatic N) is 3. The highest BCUT2D eigenvalue weighted by atomic mass is 32.1. The Morgan fingerprint density at radius 3 is 2.48 bits per heavy atom. The van der Waals surface area contributed by atoms with E-state index in [2.05, 4.69) is 33.9 Å². The van der Waals surface area contributed by atoms with Crippen LogP contribution in [0.5, 0.6) is 5.75 Å². The molecule has 1 fully saturated rings. The van der Waals surface area contributed by atoms with E-state index in [0.717, 1.165) is 50.7 Å². The lowest BCUT2D eigenvalue weighted by molar-refractivity contribution is -0.114. The molecule has 1 aliphatic heterocycles. The maximum atomic E-state index is 12.3. The predicted octanol–water partition coefficient (Wildman–Crippen LogP) is 3.09. The Hall–Kier alpha value is -2.15. The number of thiophene rings is 1. The van der Waals surface area contributed by atoms with Crippen molar-refractivity contribution in [2.75, 3.05) is 51.3 Å². The molecule has 0 aliphatic carbocycles. The van der Waals surface area contributed by atoms with E-state index in [9.17, 15) is 4.79 Å². The molecule has 1 aromatic heterocycles. The average Bonchev–Trinajstić information content (AvgIpc) is 3.22. The molecule has 0 bridgehead atoms. The quantitative estimate of drug-likeness (QED) is 0.654. The van der Waals surface area contributed by atoms with E-state index < -0.39 is 0 Å². The lowest BCUT2D eigenvalue weighted by Gasteiger charge is -2.35. The summed E-state index contributed by atoms with van der Waals surface area (Å²) in [6.45, 7) is 10.4. The molecule has 5 nitrogen and oxygen atoms in total. The maximum absolute atomic E-state index is 12.3. The summed E-state index contributed by atoms with van der Waals surface area (Å²) < 4.78 is 5.20. The van der Waals surface area contributed by atoms with Crippen LogP contribution in [0.15, 0.2) is 54.4 Å². The fourth-order valence-electron chi connectivity index (χ4n) is 3.27. The number of carbonyl (C=O) groups excluding carboxylic acids is 1. The molecule has 0 N–H and O–H groups in total. The first-order valence-electron chi connectivity index (χ1n) is 9.24. The van der Waals surface area contributed by atoms with E-state index in [1.807, 2.05) is 35.6 Å². The molecule has 1 aliphatic rings. The van der Waals surface area contributed by atoms with Gasteiger partial charge in [0.05, 0.1) is 7.11 Å². The highest BCUT2D eigenvalue weighted by Crippen LogP contribution is 2.20. The van der Waals surface area contributed by atoms with E-state index >= 15 is 0 Å². The van der Waals surface area contributed by atoms with Gasteiger partial charge in [-0.15, -0.1) is 11.3 Å². The summed E-state index contributed by atoms with van der Waals surface area (Å²) in [7, 11) is 1.64. The van der Waals surface area contributed by atoms with Crippen molar-refractivity contribution in [3.63, 3.8) is 0 Å². The van der Waals surface area contributed by atoms with Crippen molar-refractivity contribution in [2.45, 2.75) is 6.54 Å². The topological polar surface area (TPSA) is 36.0 Å². The van der Waals surface area contributed by atoms with Crippen molar-refractivity contribution < 1.29 is 9.53 Å². The fourth-order valence-corrected chi connectivity index (χ4v) is 4.02. The number of methoxy groups -OCH3 is 1. The SMILES string of the molecule is C=CC(=O)N(CCN1CCN(Cc2cccs2)CC1)c1ccc(OC)cc1. The first-order valence-corrected chi connectivity index (χ1v) is 10.1. The Bertz CT molecular complexity index is 722. The van der Waals surface area contributed by atoms with Gasteiger partial charge in [0.1, 0.15) is 5.75 Å². The zero-order chi connectivity index (χ0) is 19.1. The van der Waals surface area contributed by atoms with Gasteiger partial charge in [0, 0.05) is 56.4 Å². The zero-order valence-electron chi connectivity index (χ0n) is 15.8. The van der Waals surface area contributed by atoms with Crippen molar-refractivity contribution >= 4 is 22.9 Å². The summed E-state index contributed by atoms with van der Waals surface area (Å²) in [6, 6.07) is 11.9. The van der Waals surface area contributed by atoms with Crippen LogP contribution >= 0.6 is 11.3 Å². The molecular formula is C21H27N3O2S. The summed E-state index contributed by atoms with van der Waals surface area (Å²) in [5.41, 5.74) is 0.872. The molecule has 0 atom stereocenters. The molecule has 2 aromatic rings. The molecule has 0 radical (unpaired) electrons. The molecule has 6 heteroatoms. The standard InChI is InChI=1S/C21H27N3O2S/c1-3-21(25)24(18-6-8-19(26-2)9-7-18)15-14-22-10-12-23(13-11-22)17-20-5-4-16-27-20/h3-9,16H,1,10-15,17H2,2H3. The molecule has 1 saturated heterocycles. The number of hydrogen-bond donors (Lipinski definition) is 0. The number of ether oxygens (including phenoxy) is 1. The summed E-state index contributed by atoms with van der Waals surface area (Å²) in [4.78, 5) is 20.5. The molecule has 2 heterocycles. The van der Waals surface area contributed by atoms with Gasteiger partial charge < -0.3 is 9.64 Å². The van der Waals surface area contributed by atoms with Crippen LogP contribution < -0.4 is 9.64 Å². The highest BCUT2D eigenvalue weighted by Gasteiger charge is 2.19. The number of carbonyl (C=O) groups is 1. The number of rotatable bonds is 8. The first-order chi connectivity index (χ1) is 13.2. The van der Waals surface area contributed by atoms with Crippen molar-refractivity contribution in [2.24, 2.45) is 0 Å². The molecule has 27 heavy (non-hydrogen) atoms. The minimum atomic E-state index is -0.0727. The summed E-state index contributed by atoms with van der Waals surface area (Å²) in [6.07, 6.45) is 1.38. The number of amides is 1. The Morgan fingerprint density at radius 2 is 1.89 bits per heavy atom. The molecule has 0 spiro atoms. The van der Waals surface area contributed by atoms with E-state index in [4.69, 9.17) is 4.74 Å². The summed E-state index contributed by atoms with van der Waals surface area (Å²) in [5, 5.41) is 2.13. The average molecular weight is 386 g/mol. The lowest BCUT2D eigenvalue weighted by atomic mass is 10.2. The second kappa shape index (κ2) is 9.69. The van der Waals surface area contributed by atoms with E-state index in [1.54, 1.807) is 12.0 Å². The molecule has 0 saturated carbocycles. The summed E-state index contributed by atoms with van der Waals surface area (Å²) >= 11 is 1.82. The third-order valence-corrected chi connectivity index (χ3v) is 5.75. The van der Waals surface area contributed by atoms with Crippen LogP contribution in [0, 0.1) is 0 Å². The van der Waals surface area contributed by atoms with Gasteiger partial charge in [-0.1, -0.05) is 12.6 Å². The van der Waals surface area contributed by atoms with Gasteiger partial charge in [0.15, 0.2) is 0 Å². The van der Waals surface area contributed by atoms with Gasteiger partial charge in [-0.2, -0.15) is 0 Å². The predicted molar refractivity (Wildman–Crippen MR) is 112 cm³/mol. The monoisotopic (exact) mass is 385 g/mol. The molecule has 1 amide bonds. The van der Waals surface area contributed by atoms with Gasteiger partial charge in [-0.3, -0.25) is 14.6 Å². The van der Waals surface area contributed by atoms with Crippen LogP contribution in [-0.4, -0.2) is 62.1 Å². The number of piperazine rings is 1. The van der Waals surface area contributed by atoms with E-state index in [0.29, 0.717) is 6.54 Å². The smallest absolute Gasteiger partial charge is 0.250 e. The van der Waals surface area contributed by atoms with Gasteiger partial charge in [0.25, 0.3) is 0 Å². The van der Waals surface area contributed by atoms with Crippen LogP contribution in [0.2, 0.25) is 0 Å². The number of hydrogen-bond acceptors (Lipinski definition) is 5. The van der Waals surface area contributed by atoms with Crippen molar-refractivity contribution in [1.29, 1.82) is 0 Å². The van der Waals surface area contributed by atoms with Crippen LogP contribution in [0.25, 0.3) is 0 Å². The minimum Gasteiger partial charge on any atom is -0.497 e. The second-order valence-electron chi connectivity index (χ2n) is 6.59. The highest BCUT2D eigenvalue weighted by molar-refractivity contribution is 7.09. The fraction of sp³-hybridized carbons (Fsp3) is 0.381. The van der Waals surface area contributed by atoms with Crippen molar-refractivity contribution in [3.8, 4) is 5.75 Å². The van der Waals surface area contributed by atoms with Crippen molar-refractivity contribution in [3.05, 3.63) is 59.3 Å². The normalized spacial score (nSPS) is 15.4. The molecular weight excluding hydrogens is 358 g/mol. The van der Waals surface area contributed by atoms with E-state index in [1.165, 1.54) is 11.0 Å². The molecule has 0 unspecified atom stereocenters.